The van der Waals surface area contributed by atoms with E-state index < -0.39 is 12.0 Å². The van der Waals surface area contributed by atoms with Gasteiger partial charge in [0.25, 0.3) is 0 Å². The Morgan fingerprint density at radius 1 is 0.711 bits per heavy atom. The van der Waals surface area contributed by atoms with Crippen LogP contribution in [0.2, 0.25) is 0 Å². The number of aromatic amines is 1. The molecule has 5 heteroatoms. The molecular formula is C33H31N3O2. The fourth-order valence-corrected chi connectivity index (χ4v) is 4.99. The Kier molecular flexibility index (Phi) is 7.36. The lowest BCUT2D eigenvalue weighted by molar-refractivity contribution is -0.126. The highest BCUT2D eigenvalue weighted by molar-refractivity contribution is 6.00. The summed E-state index contributed by atoms with van der Waals surface area (Å²) in [6.07, 6.45) is 2.27. The van der Waals surface area contributed by atoms with Gasteiger partial charge in [-0.2, -0.15) is 0 Å². The lowest BCUT2D eigenvalue weighted by Crippen LogP contribution is -2.47. The number of hydrogen-bond acceptors (Lipinski definition) is 2. The van der Waals surface area contributed by atoms with E-state index in [4.69, 9.17) is 0 Å². The minimum atomic E-state index is -0.782. The summed E-state index contributed by atoms with van der Waals surface area (Å²) >= 11 is 0. The van der Waals surface area contributed by atoms with Gasteiger partial charge in [0.05, 0.1) is 5.92 Å². The number of benzene rings is 4. The van der Waals surface area contributed by atoms with Crippen molar-refractivity contribution in [2.45, 2.75) is 32.2 Å². The smallest absolute Gasteiger partial charge is 0.247 e. The highest BCUT2D eigenvalue weighted by Gasteiger charge is 2.29. The molecule has 5 nitrogen and oxygen atoms in total. The molecule has 190 valence electrons. The van der Waals surface area contributed by atoms with Crippen LogP contribution < -0.4 is 10.6 Å². The van der Waals surface area contributed by atoms with E-state index in [1.54, 1.807) is 0 Å². The largest absolute Gasteiger partial charge is 0.361 e. The van der Waals surface area contributed by atoms with Gasteiger partial charge in [0.15, 0.2) is 0 Å². The van der Waals surface area contributed by atoms with Gasteiger partial charge in [-0.05, 0) is 47.7 Å². The van der Waals surface area contributed by atoms with Crippen LogP contribution in [-0.2, 0) is 16.0 Å². The number of aryl methyl sites for hydroxylation is 2. The zero-order valence-corrected chi connectivity index (χ0v) is 21.6. The van der Waals surface area contributed by atoms with Crippen LogP contribution in [0, 0.1) is 13.8 Å². The van der Waals surface area contributed by atoms with Gasteiger partial charge in [0.2, 0.25) is 11.8 Å². The number of carbonyl (C=O) groups excluding carboxylic acids is 2. The molecule has 0 spiro atoms. The van der Waals surface area contributed by atoms with Crippen LogP contribution >= 0.6 is 0 Å². The summed E-state index contributed by atoms with van der Waals surface area (Å²) in [5, 5.41) is 7.25. The van der Waals surface area contributed by atoms with E-state index in [2.05, 4.69) is 15.6 Å². The quantitative estimate of drug-likeness (QED) is 0.234. The highest BCUT2D eigenvalue weighted by atomic mass is 16.2. The van der Waals surface area contributed by atoms with E-state index in [0.717, 1.165) is 44.4 Å². The first-order chi connectivity index (χ1) is 18.5. The minimum Gasteiger partial charge on any atom is -0.361 e. The second-order valence-corrected chi connectivity index (χ2v) is 9.64. The van der Waals surface area contributed by atoms with Crippen LogP contribution in [-0.4, -0.2) is 22.8 Å². The Bertz CT molecular complexity index is 1500. The van der Waals surface area contributed by atoms with Gasteiger partial charge in [-0.1, -0.05) is 97.1 Å². The molecule has 3 N–H and O–H groups in total. The Balaban J connectivity index is 1.49. The molecule has 1 heterocycles. The van der Waals surface area contributed by atoms with Crippen molar-refractivity contribution in [1.82, 2.24) is 10.3 Å². The molecule has 0 fully saturated rings. The zero-order chi connectivity index (χ0) is 26.5. The fourth-order valence-electron chi connectivity index (χ4n) is 4.99. The molecule has 2 amide bonds. The SMILES string of the molecule is Cc1cccc(C)c1NC(=O)[C@@H](Cc1c[nH]c2ccccc12)NC(=O)C(c1ccccc1)c1ccccc1. The van der Waals surface area contributed by atoms with Gasteiger partial charge in [-0.3, -0.25) is 9.59 Å². The second-order valence-electron chi connectivity index (χ2n) is 9.64. The molecule has 0 aliphatic heterocycles. The topological polar surface area (TPSA) is 74.0 Å². The van der Waals surface area contributed by atoms with E-state index in [-0.39, 0.29) is 11.8 Å². The van der Waals surface area contributed by atoms with Crippen LogP contribution in [0.4, 0.5) is 5.69 Å². The van der Waals surface area contributed by atoms with Crippen LogP contribution in [0.3, 0.4) is 0 Å². The third-order valence-electron chi connectivity index (χ3n) is 6.99. The van der Waals surface area contributed by atoms with Gasteiger partial charge in [0, 0.05) is 29.2 Å². The Labute approximate surface area is 222 Å². The highest BCUT2D eigenvalue weighted by Crippen LogP contribution is 2.26. The Hall–Kier alpha value is -4.64. The van der Waals surface area contributed by atoms with Gasteiger partial charge in [-0.25, -0.2) is 0 Å². The summed E-state index contributed by atoms with van der Waals surface area (Å²) in [7, 11) is 0. The lowest BCUT2D eigenvalue weighted by Gasteiger charge is -2.24. The predicted octanol–water partition coefficient (Wildman–Crippen LogP) is 6.28. The Morgan fingerprint density at radius 3 is 1.92 bits per heavy atom. The van der Waals surface area contributed by atoms with Crippen molar-refractivity contribution in [3.8, 4) is 0 Å². The molecule has 0 saturated carbocycles. The lowest BCUT2D eigenvalue weighted by atomic mass is 9.90. The molecule has 38 heavy (non-hydrogen) atoms. The number of anilines is 1. The normalized spacial score (nSPS) is 11.9. The summed E-state index contributed by atoms with van der Waals surface area (Å²) in [4.78, 5) is 31.0. The summed E-state index contributed by atoms with van der Waals surface area (Å²) < 4.78 is 0. The number of H-pyrrole nitrogens is 1. The van der Waals surface area contributed by atoms with Crippen LogP contribution in [0.25, 0.3) is 10.9 Å². The molecule has 0 bridgehead atoms. The molecule has 5 rings (SSSR count). The van der Waals surface area contributed by atoms with E-state index in [1.807, 2.05) is 123 Å². The third-order valence-corrected chi connectivity index (χ3v) is 6.99. The molecule has 4 aromatic carbocycles. The molecule has 0 aliphatic carbocycles. The second kappa shape index (κ2) is 11.2. The van der Waals surface area contributed by atoms with E-state index in [9.17, 15) is 9.59 Å². The molecule has 0 saturated heterocycles. The van der Waals surface area contributed by atoms with Crippen molar-refractivity contribution >= 4 is 28.4 Å². The van der Waals surface area contributed by atoms with Crippen molar-refractivity contribution in [3.05, 3.63) is 137 Å². The molecule has 0 unspecified atom stereocenters. The standard InChI is InChI=1S/C33H31N3O2/c1-22-12-11-13-23(2)31(22)36-32(37)29(20-26-21-34-28-19-10-9-18-27(26)28)35-33(38)30(24-14-5-3-6-15-24)25-16-7-4-8-17-25/h3-19,21,29-30,34H,20H2,1-2H3,(H,35,38)(H,36,37)/t29-/m1/s1. The van der Waals surface area contributed by atoms with E-state index >= 15 is 0 Å². The van der Waals surface area contributed by atoms with Gasteiger partial charge < -0.3 is 15.6 Å². The minimum absolute atomic E-state index is 0.219. The molecule has 1 atom stereocenters. The maximum Gasteiger partial charge on any atom is 0.247 e. The van der Waals surface area contributed by atoms with Crippen molar-refractivity contribution in [3.63, 3.8) is 0 Å². The van der Waals surface area contributed by atoms with Crippen molar-refractivity contribution in [2.24, 2.45) is 0 Å². The van der Waals surface area contributed by atoms with Gasteiger partial charge in [0.1, 0.15) is 6.04 Å². The maximum atomic E-state index is 13.9. The molecular weight excluding hydrogens is 470 g/mol. The number of amides is 2. The fraction of sp³-hybridized carbons (Fsp3) is 0.152. The summed E-state index contributed by atoms with van der Waals surface area (Å²) in [5.41, 5.74) is 6.43. The average molecular weight is 502 g/mol. The summed E-state index contributed by atoms with van der Waals surface area (Å²) in [5.74, 6) is -1.01. The summed E-state index contributed by atoms with van der Waals surface area (Å²) in [6.45, 7) is 3.94. The number of aromatic nitrogens is 1. The molecule has 0 aliphatic rings. The number of fused-ring (bicyclic) bond motifs is 1. The molecule has 0 radical (unpaired) electrons. The zero-order valence-electron chi connectivity index (χ0n) is 21.6. The number of rotatable bonds is 8. The van der Waals surface area contributed by atoms with E-state index in [1.165, 1.54) is 0 Å². The predicted molar refractivity (Wildman–Crippen MR) is 153 cm³/mol. The third kappa shape index (κ3) is 5.37. The monoisotopic (exact) mass is 501 g/mol. The first-order valence-electron chi connectivity index (χ1n) is 12.8. The average Bonchev–Trinajstić information content (AvgIpc) is 3.34. The molecule has 1 aromatic heterocycles. The van der Waals surface area contributed by atoms with Crippen molar-refractivity contribution in [1.29, 1.82) is 0 Å². The van der Waals surface area contributed by atoms with Crippen molar-refractivity contribution < 1.29 is 9.59 Å². The van der Waals surface area contributed by atoms with E-state index in [0.29, 0.717) is 6.42 Å². The van der Waals surface area contributed by atoms with Crippen molar-refractivity contribution in [2.75, 3.05) is 5.32 Å². The number of nitrogens with one attached hydrogen (secondary N) is 3. The number of carbonyl (C=O) groups is 2. The number of para-hydroxylation sites is 2. The first-order valence-corrected chi connectivity index (χ1v) is 12.8. The van der Waals surface area contributed by atoms with Crippen LogP contribution in [0.5, 0.6) is 0 Å². The number of hydrogen-bond donors (Lipinski definition) is 3. The van der Waals surface area contributed by atoms with Gasteiger partial charge >= 0.3 is 0 Å². The maximum absolute atomic E-state index is 13.9. The molecule has 5 aromatic rings. The van der Waals surface area contributed by atoms with Gasteiger partial charge in [-0.15, -0.1) is 0 Å². The first kappa shape index (κ1) is 25.0. The Morgan fingerprint density at radius 2 is 1.29 bits per heavy atom. The summed E-state index contributed by atoms with van der Waals surface area (Å²) in [6, 6.07) is 32.5. The van der Waals surface area contributed by atoms with Crippen LogP contribution in [0.15, 0.2) is 109 Å². The van der Waals surface area contributed by atoms with Crippen LogP contribution in [0.1, 0.15) is 33.7 Å².